The molecule has 0 unspecified atom stereocenters. The van der Waals surface area contributed by atoms with Gasteiger partial charge in [0.05, 0.1) is 23.0 Å². The first-order valence-corrected chi connectivity index (χ1v) is 6.80. The number of carbonyl (C=O) groups is 1. The molecule has 106 valence electrons. The van der Waals surface area contributed by atoms with Crippen LogP contribution in [0, 0.1) is 21.4 Å². The van der Waals surface area contributed by atoms with Gasteiger partial charge >= 0.3 is 0 Å². The summed E-state index contributed by atoms with van der Waals surface area (Å²) in [5, 5.41) is 19.5. The molecule has 1 rings (SSSR count). The van der Waals surface area contributed by atoms with E-state index in [1.807, 2.05) is 19.9 Å². The molecule has 0 aliphatic heterocycles. The third kappa shape index (κ3) is 3.54. The summed E-state index contributed by atoms with van der Waals surface area (Å²) in [5.41, 5.74) is 0.0747. The minimum absolute atomic E-state index is 0.0954. The van der Waals surface area contributed by atoms with Crippen molar-refractivity contribution < 1.29 is 9.72 Å². The van der Waals surface area contributed by atoms with Gasteiger partial charge in [0.2, 0.25) is 0 Å². The molecule has 0 N–H and O–H groups in total. The molecule has 6 nitrogen and oxygen atoms in total. The first kappa shape index (κ1) is 16.1. The molecule has 0 aromatic heterocycles. The summed E-state index contributed by atoms with van der Waals surface area (Å²) in [4.78, 5) is 24.3. The summed E-state index contributed by atoms with van der Waals surface area (Å²) in [6.07, 6.45) is 0.219. The summed E-state index contributed by atoms with van der Waals surface area (Å²) in [7, 11) is 0. The summed E-state index contributed by atoms with van der Waals surface area (Å²) >= 11 is 3.11. The minimum atomic E-state index is -0.546. The Morgan fingerprint density at radius 1 is 1.55 bits per heavy atom. The lowest BCUT2D eigenvalue weighted by molar-refractivity contribution is -0.385. The fourth-order valence-corrected chi connectivity index (χ4v) is 2.32. The van der Waals surface area contributed by atoms with Gasteiger partial charge in [-0.1, -0.05) is 6.07 Å². The number of hydrogen-bond acceptors (Lipinski definition) is 4. The van der Waals surface area contributed by atoms with E-state index in [1.54, 1.807) is 0 Å². The number of hydrogen-bond donors (Lipinski definition) is 0. The van der Waals surface area contributed by atoms with Crippen molar-refractivity contribution in [2.45, 2.75) is 26.3 Å². The number of benzene rings is 1. The van der Waals surface area contributed by atoms with Crippen LogP contribution < -0.4 is 0 Å². The molecule has 0 aliphatic carbocycles. The molecular formula is C13H14BrN3O3. The van der Waals surface area contributed by atoms with Gasteiger partial charge in [0.1, 0.15) is 4.47 Å². The van der Waals surface area contributed by atoms with Crippen LogP contribution in [0.25, 0.3) is 0 Å². The van der Waals surface area contributed by atoms with Crippen LogP contribution >= 0.6 is 15.9 Å². The lowest BCUT2D eigenvalue weighted by atomic mass is 10.1. The number of nitrogens with zero attached hydrogens (tertiary/aromatic N) is 3. The standard InChI is InChI=1S/C13H14BrN3O3/c1-9(2)16(8-4-7-15)13(18)10-5-3-6-11(12(10)14)17(19)20/h3,5-6,9H,4,8H2,1-2H3. The van der Waals surface area contributed by atoms with E-state index in [-0.39, 0.29) is 34.1 Å². The van der Waals surface area contributed by atoms with E-state index in [9.17, 15) is 14.9 Å². The van der Waals surface area contributed by atoms with E-state index in [2.05, 4.69) is 15.9 Å². The Morgan fingerprint density at radius 3 is 2.70 bits per heavy atom. The van der Waals surface area contributed by atoms with Gasteiger partial charge < -0.3 is 4.90 Å². The van der Waals surface area contributed by atoms with Gasteiger partial charge in [0, 0.05) is 18.7 Å². The van der Waals surface area contributed by atoms with E-state index in [0.717, 1.165) is 0 Å². The smallest absolute Gasteiger partial charge is 0.284 e. The number of nitro benzene ring substituents is 1. The Hall–Kier alpha value is -1.94. The van der Waals surface area contributed by atoms with Crippen LogP contribution in [-0.4, -0.2) is 28.3 Å². The highest BCUT2D eigenvalue weighted by atomic mass is 79.9. The SMILES string of the molecule is CC(C)N(CCC#N)C(=O)c1cccc([N+](=O)[O-])c1Br. The van der Waals surface area contributed by atoms with Gasteiger partial charge in [-0.05, 0) is 35.8 Å². The maximum atomic E-state index is 12.5. The molecule has 0 heterocycles. The summed E-state index contributed by atoms with van der Waals surface area (Å²) in [6.45, 7) is 3.96. The monoisotopic (exact) mass is 339 g/mol. The predicted octanol–water partition coefficient (Wildman–Crippen LogP) is 3.12. The van der Waals surface area contributed by atoms with E-state index < -0.39 is 4.92 Å². The molecule has 1 aromatic rings. The molecule has 0 bridgehead atoms. The Balaban J connectivity index is 3.16. The second-order valence-corrected chi connectivity index (χ2v) is 5.19. The number of nitriles is 1. The third-order valence-electron chi connectivity index (χ3n) is 2.75. The molecule has 20 heavy (non-hydrogen) atoms. The zero-order chi connectivity index (χ0) is 15.3. The molecule has 7 heteroatoms. The van der Waals surface area contributed by atoms with Crippen molar-refractivity contribution in [3.63, 3.8) is 0 Å². The summed E-state index contributed by atoms with van der Waals surface area (Å²) in [5.74, 6) is -0.328. The first-order valence-electron chi connectivity index (χ1n) is 6.01. The lowest BCUT2D eigenvalue weighted by Gasteiger charge is -2.26. The zero-order valence-electron chi connectivity index (χ0n) is 11.2. The fourth-order valence-electron chi connectivity index (χ4n) is 1.75. The van der Waals surface area contributed by atoms with Gasteiger partial charge in [-0.25, -0.2) is 0 Å². The van der Waals surface area contributed by atoms with Gasteiger partial charge in [-0.15, -0.1) is 0 Å². The highest BCUT2D eigenvalue weighted by Crippen LogP contribution is 2.29. The number of carbonyl (C=O) groups excluding carboxylic acids is 1. The molecule has 1 aromatic carbocycles. The van der Waals surface area contributed by atoms with Crippen molar-refractivity contribution in [3.05, 3.63) is 38.3 Å². The molecule has 0 saturated heterocycles. The molecule has 1 amide bonds. The minimum Gasteiger partial charge on any atom is -0.335 e. The third-order valence-corrected chi connectivity index (χ3v) is 3.59. The number of amides is 1. The van der Waals surface area contributed by atoms with Crippen molar-refractivity contribution >= 4 is 27.5 Å². The van der Waals surface area contributed by atoms with Gasteiger partial charge in [-0.3, -0.25) is 14.9 Å². The van der Waals surface area contributed by atoms with Crippen LogP contribution in [0.4, 0.5) is 5.69 Å². The highest BCUT2D eigenvalue weighted by Gasteiger charge is 2.24. The number of rotatable bonds is 5. The topological polar surface area (TPSA) is 87.2 Å². The Labute approximate surface area is 125 Å². The molecule has 0 aliphatic rings. The van der Waals surface area contributed by atoms with Crippen LogP contribution in [0.2, 0.25) is 0 Å². The van der Waals surface area contributed by atoms with Crippen molar-refractivity contribution in [2.75, 3.05) is 6.54 Å². The average molecular weight is 340 g/mol. The maximum absolute atomic E-state index is 12.5. The second-order valence-electron chi connectivity index (χ2n) is 4.40. The van der Waals surface area contributed by atoms with Crippen LogP contribution in [0.1, 0.15) is 30.6 Å². The Bertz CT molecular complexity index is 566. The summed E-state index contributed by atoms with van der Waals surface area (Å²) in [6, 6.07) is 6.22. The van der Waals surface area contributed by atoms with E-state index in [0.29, 0.717) is 6.54 Å². The molecular weight excluding hydrogens is 326 g/mol. The average Bonchev–Trinajstić information content (AvgIpc) is 2.38. The zero-order valence-corrected chi connectivity index (χ0v) is 12.8. The molecule has 0 radical (unpaired) electrons. The fraction of sp³-hybridized carbons (Fsp3) is 0.385. The van der Waals surface area contributed by atoms with E-state index >= 15 is 0 Å². The Kier molecular flexibility index (Phi) is 5.65. The van der Waals surface area contributed by atoms with Crippen molar-refractivity contribution in [2.24, 2.45) is 0 Å². The molecule has 0 fully saturated rings. The van der Waals surface area contributed by atoms with Gasteiger partial charge in [0.15, 0.2) is 0 Å². The maximum Gasteiger partial charge on any atom is 0.284 e. The summed E-state index contributed by atoms with van der Waals surface area (Å²) < 4.78 is 0.164. The normalized spacial score (nSPS) is 10.2. The lowest BCUT2D eigenvalue weighted by Crippen LogP contribution is -2.37. The number of nitro groups is 1. The predicted molar refractivity (Wildman–Crippen MR) is 77.2 cm³/mol. The van der Waals surface area contributed by atoms with E-state index in [4.69, 9.17) is 5.26 Å². The molecule has 0 saturated carbocycles. The first-order chi connectivity index (χ1) is 9.40. The van der Waals surface area contributed by atoms with Gasteiger partial charge in [-0.2, -0.15) is 5.26 Å². The van der Waals surface area contributed by atoms with Crippen LogP contribution in [0.3, 0.4) is 0 Å². The number of halogens is 1. The van der Waals surface area contributed by atoms with Gasteiger partial charge in [0.25, 0.3) is 11.6 Å². The molecule has 0 spiro atoms. The quantitative estimate of drug-likeness (QED) is 0.609. The second kappa shape index (κ2) is 7.01. The highest BCUT2D eigenvalue weighted by molar-refractivity contribution is 9.10. The Morgan fingerprint density at radius 2 is 2.20 bits per heavy atom. The van der Waals surface area contributed by atoms with E-state index in [1.165, 1.54) is 23.1 Å². The molecule has 0 atom stereocenters. The van der Waals surface area contributed by atoms with Crippen molar-refractivity contribution in [1.82, 2.24) is 4.90 Å². The van der Waals surface area contributed by atoms with Crippen molar-refractivity contribution in [3.8, 4) is 6.07 Å². The van der Waals surface area contributed by atoms with Crippen LogP contribution in [-0.2, 0) is 0 Å². The van der Waals surface area contributed by atoms with Crippen molar-refractivity contribution in [1.29, 1.82) is 5.26 Å². The largest absolute Gasteiger partial charge is 0.335 e. The van der Waals surface area contributed by atoms with Crippen LogP contribution in [0.5, 0.6) is 0 Å². The van der Waals surface area contributed by atoms with Crippen LogP contribution in [0.15, 0.2) is 22.7 Å².